The number of carbonyl (C=O) groups is 2. The molecule has 8 nitrogen and oxygen atoms in total. The van der Waals surface area contributed by atoms with Crippen molar-refractivity contribution in [2.24, 2.45) is 7.05 Å². The summed E-state index contributed by atoms with van der Waals surface area (Å²) < 4.78 is 8.02. The SMILES string of the molecule is Cc1csc(NC(=O)COC(=O)CCn2c(=O)n(C)c3ccccc32)n1. The fraction of sp³-hybridized carbons (Fsp3) is 0.294. The zero-order chi connectivity index (χ0) is 18.7. The third-order valence-corrected chi connectivity index (χ3v) is 4.70. The van der Waals surface area contributed by atoms with Crippen molar-refractivity contribution in [3.05, 3.63) is 45.8 Å². The summed E-state index contributed by atoms with van der Waals surface area (Å²) in [5, 5.41) is 4.83. The maximum atomic E-state index is 12.3. The van der Waals surface area contributed by atoms with Gasteiger partial charge in [-0.15, -0.1) is 11.3 Å². The molecule has 0 atom stereocenters. The van der Waals surface area contributed by atoms with Crippen LogP contribution in [0.4, 0.5) is 5.13 Å². The van der Waals surface area contributed by atoms with E-state index in [2.05, 4.69) is 10.3 Å². The average molecular weight is 374 g/mol. The lowest BCUT2D eigenvalue weighted by molar-refractivity contribution is -0.147. The monoisotopic (exact) mass is 374 g/mol. The Kier molecular flexibility index (Phi) is 5.17. The van der Waals surface area contributed by atoms with Gasteiger partial charge in [-0.3, -0.25) is 24.0 Å². The van der Waals surface area contributed by atoms with Crippen LogP contribution < -0.4 is 11.0 Å². The summed E-state index contributed by atoms with van der Waals surface area (Å²) in [6.07, 6.45) is -0.00243. The molecular formula is C17H18N4O4S. The summed E-state index contributed by atoms with van der Waals surface area (Å²) in [6.45, 7) is 1.62. The van der Waals surface area contributed by atoms with Gasteiger partial charge in [0.05, 0.1) is 23.1 Å². The number of esters is 1. The Morgan fingerprint density at radius 3 is 2.69 bits per heavy atom. The van der Waals surface area contributed by atoms with Crippen molar-refractivity contribution in [3.63, 3.8) is 0 Å². The lowest BCUT2D eigenvalue weighted by atomic mass is 10.3. The van der Waals surface area contributed by atoms with E-state index in [4.69, 9.17) is 4.74 Å². The van der Waals surface area contributed by atoms with E-state index in [-0.39, 0.29) is 25.3 Å². The Hall–Kier alpha value is -2.94. The smallest absolute Gasteiger partial charge is 0.328 e. The molecule has 136 valence electrons. The van der Waals surface area contributed by atoms with Crippen LogP contribution in [0.3, 0.4) is 0 Å². The molecule has 9 heteroatoms. The van der Waals surface area contributed by atoms with Crippen LogP contribution in [0.25, 0.3) is 11.0 Å². The van der Waals surface area contributed by atoms with Crippen LogP contribution in [0.5, 0.6) is 0 Å². The van der Waals surface area contributed by atoms with Gasteiger partial charge in [0, 0.05) is 19.0 Å². The fourth-order valence-electron chi connectivity index (χ4n) is 2.57. The Morgan fingerprint density at radius 2 is 2.00 bits per heavy atom. The van der Waals surface area contributed by atoms with Crippen LogP contribution >= 0.6 is 11.3 Å². The van der Waals surface area contributed by atoms with Crippen LogP contribution in [0.1, 0.15) is 12.1 Å². The molecule has 0 radical (unpaired) electrons. The summed E-state index contributed by atoms with van der Waals surface area (Å²) in [4.78, 5) is 40.0. The van der Waals surface area contributed by atoms with E-state index in [1.807, 2.05) is 36.6 Å². The third-order valence-electron chi connectivity index (χ3n) is 3.82. The second-order valence-electron chi connectivity index (χ2n) is 5.73. The molecule has 2 heterocycles. The number of para-hydroxylation sites is 2. The van der Waals surface area contributed by atoms with Gasteiger partial charge < -0.3 is 4.74 Å². The largest absolute Gasteiger partial charge is 0.456 e. The van der Waals surface area contributed by atoms with Crippen molar-refractivity contribution in [1.29, 1.82) is 0 Å². The number of ether oxygens (including phenoxy) is 1. The molecule has 3 aromatic rings. The number of thiazole rings is 1. The first-order valence-corrected chi connectivity index (χ1v) is 8.85. The lowest BCUT2D eigenvalue weighted by Crippen LogP contribution is -2.25. The molecule has 0 aliphatic heterocycles. The van der Waals surface area contributed by atoms with Gasteiger partial charge in [0.2, 0.25) is 0 Å². The highest BCUT2D eigenvalue weighted by Gasteiger charge is 2.13. The Balaban J connectivity index is 1.54. The standard InChI is InChI=1S/C17H18N4O4S/c1-11-10-26-16(18-11)19-14(22)9-25-15(23)7-8-21-13-6-4-3-5-12(13)20(2)17(21)24/h3-6,10H,7-9H2,1-2H3,(H,18,19,22). The number of fused-ring (bicyclic) bond motifs is 1. The number of carbonyl (C=O) groups excluding carboxylic acids is 2. The van der Waals surface area contributed by atoms with E-state index in [1.54, 1.807) is 7.05 Å². The lowest BCUT2D eigenvalue weighted by Gasteiger charge is -2.05. The third kappa shape index (κ3) is 3.83. The van der Waals surface area contributed by atoms with Gasteiger partial charge in [-0.05, 0) is 19.1 Å². The van der Waals surface area contributed by atoms with Crippen molar-refractivity contribution < 1.29 is 14.3 Å². The summed E-state index contributed by atoms with van der Waals surface area (Å²) in [5.74, 6) is -0.995. The summed E-state index contributed by atoms with van der Waals surface area (Å²) in [5.41, 5.74) is 2.16. The number of amides is 1. The van der Waals surface area contributed by atoms with Crippen molar-refractivity contribution in [1.82, 2.24) is 14.1 Å². The first-order chi connectivity index (χ1) is 12.5. The highest BCUT2D eigenvalue weighted by atomic mass is 32.1. The van der Waals surface area contributed by atoms with E-state index >= 15 is 0 Å². The van der Waals surface area contributed by atoms with Gasteiger partial charge in [-0.1, -0.05) is 12.1 Å². The molecule has 1 amide bonds. The number of hydrogen-bond donors (Lipinski definition) is 1. The van der Waals surface area contributed by atoms with Crippen LogP contribution in [0.2, 0.25) is 0 Å². The van der Waals surface area contributed by atoms with Crippen LogP contribution in [0, 0.1) is 6.92 Å². The molecule has 0 aliphatic rings. The molecule has 1 N–H and O–H groups in total. The predicted octanol–water partition coefficient (Wildman–Crippen LogP) is 1.68. The van der Waals surface area contributed by atoms with Crippen LogP contribution in [-0.4, -0.2) is 32.6 Å². The van der Waals surface area contributed by atoms with E-state index in [9.17, 15) is 14.4 Å². The quantitative estimate of drug-likeness (QED) is 0.663. The minimum atomic E-state index is -0.546. The second-order valence-corrected chi connectivity index (χ2v) is 6.59. The molecule has 2 aromatic heterocycles. The number of aromatic nitrogens is 3. The molecular weight excluding hydrogens is 356 g/mol. The van der Waals surface area contributed by atoms with E-state index in [1.165, 1.54) is 20.5 Å². The van der Waals surface area contributed by atoms with Gasteiger partial charge in [-0.25, -0.2) is 9.78 Å². The molecule has 0 bridgehead atoms. The number of hydrogen-bond acceptors (Lipinski definition) is 6. The average Bonchev–Trinajstić information content (AvgIpc) is 3.13. The fourth-order valence-corrected chi connectivity index (χ4v) is 3.27. The van der Waals surface area contributed by atoms with Gasteiger partial charge in [0.15, 0.2) is 11.7 Å². The number of benzene rings is 1. The van der Waals surface area contributed by atoms with Crippen molar-refractivity contribution in [2.45, 2.75) is 19.9 Å². The van der Waals surface area contributed by atoms with Crippen molar-refractivity contribution >= 4 is 39.4 Å². The van der Waals surface area contributed by atoms with E-state index in [0.717, 1.165) is 16.7 Å². The second kappa shape index (κ2) is 7.52. The predicted molar refractivity (Wildman–Crippen MR) is 98.2 cm³/mol. The molecule has 0 aliphatic carbocycles. The Bertz CT molecular complexity index is 1020. The molecule has 0 saturated heterocycles. The minimum Gasteiger partial charge on any atom is -0.456 e. The number of nitrogens with zero attached hydrogens (tertiary/aromatic N) is 3. The van der Waals surface area contributed by atoms with Gasteiger partial charge >= 0.3 is 11.7 Å². The van der Waals surface area contributed by atoms with Gasteiger partial charge in [0.25, 0.3) is 5.91 Å². The first kappa shape index (κ1) is 17.9. The zero-order valence-electron chi connectivity index (χ0n) is 14.4. The topological polar surface area (TPSA) is 95.2 Å². The van der Waals surface area contributed by atoms with Gasteiger partial charge in [-0.2, -0.15) is 0 Å². The summed E-state index contributed by atoms with van der Waals surface area (Å²) in [6, 6.07) is 7.35. The molecule has 0 saturated carbocycles. The first-order valence-electron chi connectivity index (χ1n) is 7.97. The zero-order valence-corrected chi connectivity index (χ0v) is 15.2. The van der Waals surface area contributed by atoms with Crippen LogP contribution in [0.15, 0.2) is 34.4 Å². The number of aryl methyl sites for hydroxylation is 3. The number of rotatable bonds is 6. The molecule has 3 rings (SSSR count). The minimum absolute atomic E-state index is 0.00243. The molecule has 26 heavy (non-hydrogen) atoms. The van der Waals surface area contributed by atoms with E-state index < -0.39 is 11.9 Å². The van der Waals surface area contributed by atoms with Gasteiger partial charge in [0.1, 0.15) is 0 Å². The number of imidazole rings is 1. The molecule has 0 fully saturated rings. The summed E-state index contributed by atoms with van der Waals surface area (Å²) >= 11 is 1.30. The molecule has 1 aromatic carbocycles. The highest BCUT2D eigenvalue weighted by Crippen LogP contribution is 2.14. The molecule has 0 spiro atoms. The van der Waals surface area contributed by atoms with Crippen molar-refractivity contribution in [3.8, 4) is 0 Å². The Labute approximate surface area is 153 Å². The van der Waals surface area contributed by atoms with Crippen LogP contribution in [-0.2, 0) is 27.9 Å². The number of nitrogens with one attached hydrogen (secondary N) is 1. The summed E-state index contributed by atoms with van der Waals surface area (Å²) in [7, 11) is 1.68. The maximum Gasteiger partial charge on any atom is 0.328 e. The normalized spacial score (nSPS) is 10.8. The Morgan fingerprint density at radius 1 is 1.27 bits per heavy atom. The van der Waals surface area contributed by atoms with E-state index in [0.29, 0.717) is 5.13 Å². The molecule has 0 unspecified atom stereocenters. The van der Waals surface area contributed by atoms with Crippen molar-refractivity contribution in [2.75, 3.05) is 11.9 Å². The number of anilines is 1. The highest BCUT2D eigenvalue weighted by molar-refractivity contribution is 7.13. The maximum absolute atomic E-state index is 12.3.